The molecule has 0 fully saturated rings. The first-order valence-electron chi connectivity index (χ1n) is 9.17. The molecule has 156 valence electrons. The molecular formula is C22H15F3N4O2. The Morgan fingerprint density at radius 1 is 0.968 bits per heavy atom. The minimum atomic E-state index is -5.15. The molecule has 6 nitrogen and oxygen atoms in total. The number of rotatable bonds is 4. The van der Waals surface area contributed by atoms with Crippen molar-refractivity contribution >= 4 is 17.0 Å². The standard InChI is InChI=1S/C22H15F3N4O2/c23-22(24,25)20(30)31-21-27-12-16-10-17(14-4-2-1-3-5-14)18(28-19(16)29-21)15-8-6-13(11-26)7-9-15/h1-10,12H,11,26H2. The Bertz CT molecular complexity index is 1240. The van der Waals surface area contributed by atoms with Crippen LogP contribution in [0.15, 0.2) is 66.9 Å². The van der Waals surface area contributed by atoms with Crippen molar-refractivity contribution in [3.8, 4) is 28.4 Å². The topological polar surface area (TPSA) is 91.0 Å². The van der Waals surface area contributed by atoms with E-state index in [1.807, 2.05) is 54.6 Å². The van der Waals surface area contributed by atoms with E-state index in [2.05, 4.69) is 19.7 Å². The van der Waals surface area contributed by atoms with Gasteiger partial charge >= 0.3 is 18.2 Å². The molecule has 0 amide bonds. The van der Waals surface area contributed by atoms with Crippen LogP contribution in [0.1, 0.15) is 5.56 Å². The molecule has 0 aliphatic carbocycles. The Hall–Kier alpha value is -3.85. The monoisotopic (exact) mass is 424 g/mol. The van der Waals surface area contributed by atoms with E-state index >= 15 is 0 Å². The van der Waals surface area contributed by atoms with E-state index in [1.54, 1.807) is 6.07 Å². The van der Waals surface area contributed by atoms with E-state index in [4.69, 9.17) is 5.73 Å². The summed E-state index contributed by atoms with van der Waals surface area (Å²) in [7, 11) is 0. The number of halogens is 3. The predicted molar refractivity (Wildman–Crippen MR) is 108 cm³/mol. The molecule has 9 heteroatoms. The van der Waals surface area contributed by atoms with Gasteiger partial charge in [0, 0.05) is 29.3 Å². The SMILES string of the molecule is NCc1ccc(-c2nc3nc(OC(=O)C(F)(F)F)ncc3cc2-c2ccccc2)cc1. The van der Waals surface area contributed by atoms with E-state index in [-0.39, 0.29) is 5.65 Å². The zero-order valence-electron chi connectivity index (χ0n) is 15.9. The highest BCUT2D eigenvalue weighted by Crippen LogP contribution is 2.33. The summed E-state index contributed by atoms with van der Waals surface area (Å²) in [6.07, 6.45) is -3.89. The molecule has 2 heterocycles. The molecular weight excluding hydrogens is 409 g/mol. The maximum absolute atomic E-state index is 12.5. The minimum Gasteiger partial charge on any atom is -0.384 e. The summed E-state index contributed by atoms with van der Waals surface area (Å²) in [6.45, 7) is 0.387. The van der Waals surface area contributed by atoms with Crippen LogP contribution in [0, 0.1) is 0 Å². The van der Waals surface area contributed by atoms with Gasteiger partial charge < -0.3 is 10.5 Å². The lowest BCUT2D eigenvalue weighted by Gasteiger charge is -2.12. The number of carbonyl (C=O) groups is 1. The maximum Gasteiger partial charge on any atom is 0.491 e. The third-order valence-corrected chi connectivity index (χ3v) is 4.51. The molecule has 4 rings (SSSR count). The van der Waals surface area contributed by atoms with Gasteiger partial charge in [0.15, 0.2) is 5.65 Å². The molecule has 0 atom stereocenters. The first kappa shape index (κ1) is 20.4. The molecule has 31 heavy (non-hydrogen) atoms. The lowest BCUT2D eigenvalue weighted by atomic mass is 9.98. The van der Waals surface area contributed by atoms with Gasteiger partial charge in [0.2, 0.25) is 0 Å². The van der Waals surface area contributed by atoms with Crippen molar-refractivity contribution in [1.82, 2.24) is 15.0 Å². The van der Waals surface area contributed by atoms with Crippen molar-refractivity contribution in [2.75, 3.05) is 0 Å². The average Bonchev–Trinajstić information content (AvgIpc) is 2.78. The van der Waals surface area contributed by atoms with E-state index in [0.717, 1.165) is 22.3 Å². The van der Waals surface area contributed by atoms with Crippen LogP contribution >= 0.6 is 0 Å². The fourth-order valence-electron chi connectivity index (χ4n) is 2.99. The number of alkyl halides is 3. The first-order chi connectivity index (χ1) is 14.8. The van der Waals surface area contributed by atoms with Crippen molar-refractivity contribution in [3.05, 3.63) is 72.4 Å². The molecule has 0 radical (unpaired) electrons. The third-order valence-electron chi connectivity index (χ3n) is 4.51. The van der Waals surface area contributed by atoms with Gasteiger partial charge in [0.05, 0.1) is 5.69 Å². The number of hydrogen-bond donors (Lipinski definition) is 1. The van der Waals surface area contributed by atoms with Gasteiger partial charge in [-0.15, -0.1) is 0 Å². The number of aromatic nitrogens is 3. The summed E-state index contributed by atoms with van der Waals surface area (Å²) in [5.74, 6) is -2.40. The van der Waals surface area contributed by atoms with Crippen LogP contribution in [-0.4, -0.2) is 27.1 Å². The number of benzene rings is 2. The van der Waals surface area contributed by atoms with Crippen LogP contribution < -0.4 is 10.5 Å². The minimum absolute atomic E-state index is 0.0950. The Balaban J connectivity index is 1.85. The van der Waals surface area contributed by atoms with Crippen LogP contribution in [0.2, 0.25) is 0 Å². The van der Waals surface area contributed by atoms with Gasteiger partial charge in [0.1, 0.15) is 0 Å². The molecule has 0 unspecified atom stereocenters. The van der Waals surface area contributed by atoms with Crippen molar-refractivity contribution in [3.63, 3.8) is 0 Å². The fraction of sp³-hybridized carbons (Fsp3) is 0.0909. The summed E-state index contributed by atoms with van der Waals surface area (Å²) < 4.78 is 41.7. The zero-order valence-corrected chi connectivity index (χ0v) is 15.9. The quantitative estimate of drug-likeness (QED) is 0.492. The first-order valence-corrected chi connectivity index (χ1v) is 9.17. The lowest BCUT2D eigenvalue weighted by Crippen LogP contribution is -2.28. The number of carbonyl (C=O) groups excluding carboxylic acids is 1. The number of nitrogens with two attached hydrogens (primary N) is 1. The molecule has 2 N–H and O–H groups in total. The highest BCUT2D eigenvalue weighted by molar-refractivity contribution is 5.90. The highest BCUT2D eigenvalue weighted by atomic mass is 19.4. The molecule has 0 spiro atoms. The lowest BCUT2D eigenvalue weighted by molar-refractivity contribution is -0.190. The number of hydrogen-bond acceptors (Lipinski definition) is 6. The van der Waals surface area contributed by atoms with Crippen molar-refractivity contribution in [2.45, 2.75) is 12.7 Å². The normalized spacial score (nSPS) is 11.5. The smallest absolute Gasteiger partial charge is 0.384 e. The summed E-state index contributed by atoms with van der Waals surface area (Å²) in [5, 5.41) is 0.480. The van der Waals surface area contributed by atoms with Gasteiger partial charge in [-0.1, -0.05) is 54.6 Å². The van der Waals surface area contributed by atoms with Crippen LogP contribution in [-0.2, 0) is 11.3 Å². The number of pyridine rings is 1. The Kier molecular flexibility index (Phi) is 5.35. The van der Waals surface area contributed by atoms with Crippen molar-refractivity contribution < 1.29 is 22.7 Å². The fourth-order valence-corrected chi connectivity index (χ4v) is 2.99. The summed E-state index contributed by atoms with van der Waals surface area (Å²) in [4.78, 5) is 23.3. The second-order valence-electron chi connectivity index (χ2n) is 6.60. The van der Waals surface area contributed by atoms with Gasteiger partial charge in [0.25, 0.3) is 0 Å². The van der Waals surface area contributed by atoms with Gasteiger partial charge in [-0.05, 0) is 17.2 Å². The average molecular weight is 424 g/mol. The van der Waals surface area contributed by atoms with Crippen molar-refractivity contribution in [2.24, 2.45) is 5.73 Å². The number of ether oxygens (including phenoxy) is 1. The molecule has 2 aromatic carbocycles. The number of fused-ring (bicyclic) bond motifs is 1. The van der Waals surface area contributed by atoms with E-state index in [1.165, 1.54) is 6.20 Å². The second kappa shape index (κ2) is 8.11. The van der Waals surface area contributed by atoms with Gasteiger partial charge in [-0.2, -0.15) is 18.2 Å². The van der Waals surface area contributed by atoms with Crippen molar-refractivity contribution in [1.29, 1.82) is 0 Å². The summed E-state index contributed by atoms with van der Waals surface area (Å²) in [5.41, 5.74) is 9.71. The van der Waals surface area contributed by atoms with E-state index < -0.39 is 18.2 Å². The largest absolute Gasteiger partial charge is 0.491 e. The molecule has 0 aliphatic heterocycles. The molecule has 2 aromatic heterocycles. The Labute approximate surface area is 174 Å². The maximum atomic E-state index is 12.5. The van der Waals surface area contributed by atoms with Gasteiger partial charge in [-0.3, -0.25) is 0 Å². The van der Waals surface area contributed by atoms with Crippen LogP contribution in [0.4, 0.5) is 13.2 Å². The number of nitrogens with zero attached hydrogens (tertiary/aromatic N) is 3. The second-order valence-corrected chi connectivity index (χ2v) is 6.60. The Morgan fingerprint density at radius 3 is 2.32 bits per heavy atom. The van der Waals surface area contributed by atoms with E-state index in [9.17, 15) is 18.0 Å². The number of esters is 1. The molecule has 4 aromatic rings. The molecule has 0 saturated heterocycles. The molecule has 0 aliphatic rings. The summed E-state index contributed by atoms with van der Waals surface area (Å²) >= 11 is 0. The molecule has 0 saturated carbocycles. The highest BCUT2D eigenvalue weighted by Gasteiger charge is 2.42. The predicted octanol–water partition coefficient (Wildman–Crippen LogP) is 4.29. The van der Waals surface area contributed by atoms with E-state index in [0.29, 0.717) is 17.6 Å². The van der Waals surface area contributed by atoms with Crippen LogP contribution in [0.25, 0.3) is 33.4 Å². The Morgan fingerprint density at radius 2 is 1.68 bits per heavy atom. The molecule has 0 bridgehead atoms. The summed E-state index contributed by atoms with van der Waals surface area (Å²) in [6, 6.07) is 18.0. The van der Waals surface area contributed by atoms with Crippen LogP contribution in [0.5, 0.6) is 6.01 Å². The van der Waals surface area contributed by atoms with Gasteiger partial charge in [-0.25, -0.2) is 14.8 Å². The van der Waals surface area contributed by atoms with Crippen LogP contribution in [0.3, 0.4) is 0 Å². The third kappa shape index (κ3) is 4.36. The zero-order chi connectivity index (χ0) is 22.0.